The van der Waals surface area contributed by atoms with Crippen molar-refractivity contribution in [1.29, 1.82) is 0 Å². The average molecular weight is 353 g/mol. The van der Waals surface area contributed by atoms with Gasteiger partial charge < -0.3 is 13.6 Å². The third-order valence-electron chi connectivity index (χ3n) is 4.72. The average Bonchev–Trinajstić information content (AvgIpc) is 2.59. The molecule has 1 atom stereocenters. The second kappa shape index (κ2) is 11.0. The van der Waals surface area contributed by atoms with Crippen LogP contribution in [0.2, 0.25) is 6.04 Å². The number of rotatable bonds is 7. The minimum atomic E-state index is -2.21. The number of hydrogen-bond donors (Lipinski definition) is 0. The number of benzene rings is 1. The van der Waals surface area contributed by atoms with Gasteiger partial charge in [-0.1, -0.05) is 55.7 Å². The largest absolute Gasteiger partial charge is 0.393 e. The molecule has 1 fully saturated rings. The zero-order valence-corrected chi connectivity index (χ0v) is 17.3. The monoisotopic (exact) mass is 352 g/mol. The number of hydrogen-bond acceptors (Lipinski definition) is 3. The normalized spacial score (nSPS) is 22.5. The van der Waals surface area contributed by atoms with Crippen molar-refractivity contribution in [3.8, 4) is 0 Å². The Labute approximate surface area is 150 Å². The predicted molar refractivity (Wildman–Crippen MR) is 103 cm³/mol. The topological polar surface area (TPSA) is 27.7 Å². The van der Waals surface area contributed by atoms with Crippen LogP contribution in [0.25, 0.3) is 0 Å². The molecule has 0 radical (unpaired) electrons. The molecule has 138 valence electrons. The summed E-state index contributed by atoms with van der Waals surface area (Å²) in [6, 6.07) is 11.3. The second-order valence-corrected chi connectivity index (χ2v) is 9.76. The van der Waals surface area contributed by atoms with Crippen LogP contribution < -0.4 is 0 Å². The van der Waals surface area contributed by atoms with Gasteiger partial charge in [0.25, 0.3) is 0 Å². The summed E-state index contributed by atoms with van der Waals surface area (Å²) in [6.45, 7) is 12.7. The highest BCUT2D eigenvalue weighted by Gasteiger charge is 2.58. The lowest BCUT2D eigenvalue weighted by Crippen LogP contribution is -2.65. The Balaban J connectivity index is 0.000000341. The van der Waals surface area contributed by atoms with E-state index in [4.69, 9.17) is 13.6 Å². The van der Waals surface area contributed by atoms with E-state index in [0.29, 0.717) is 0 Å². The molecule has 1 aliphatic heterocycles. The van der Waals surface area contributed by atoms with E-state index in [1.165, 1.54) is 18.4 Å². The van der Waals surface area contributed by atoms with Gasteiger partial charge in [0.15, 0.2) is 0 Å². The van der Waals surface area contributed by atoms with Crippen molar-refractivity contribution in [2.75, 3.05) is 19.8 Å². The summed E-state index contributed by atoms with van der Waals surface area (Å²) in [5.41, 5.74) is 1.32. The zero-order chi connectivity index (χ0) is 17.9. The summed E-state index contributed by atoms with van der Waals surface area (Å²) >= 11 is 0. The summed E-state index contributed by atoms with van der Waals surface area (Å²) < 4.78 is 18.5. The molecule has 0 saturated carbocycles. The molecule has 24 heavy (non-hydrogen) atoms. The number of aryl methyl sites for hydroxylation is 1. The molecule has 0 aliphatic carbocycles. The summed E-state index contributed by atoms with van der Waals surface area (Å²) in [6.07, 6.45) is 4.57. The minimum absolute atomic E-state index is 0.119. The molecular formula is C20H36O3Si. The van der Waals surface area contributed by atoms with Gasteiger partial charge in [0.05, 0.1) is 0 Å². The molecule has 1 unspecified atom stereocenters. The van der Waals surface area contributed by atoms with E-state index in [-0.39, 0.29) is 5.22 Å². The van der Waals surface area contributed by atoms with Crippen LogP contribution in [0, 0.1) is 6.92 Å². The van der Waals surface area contributed by atoms with Crippen molar-refractivity contribution in [1.82, 2.24) is 0 Å². The molecule has 0 aromatic heterocycles. The maximum Gasteiger partial charge on any atom is 0.371 e. The first-order chi connectivity index (χ1) is 11.6. The van der Waals surface area contributed by atoms with Gasteiger partial charge in [-0.3, -0.25) is 0 Å². The molecule has 1 aromatic carbocycles. The molecule has 2 rings (SSSR count). The lowest BCUT2D eigenvalue weighted by Gasteiger charge is -2.49. The molecule has 0 spiro atoms. The fraction of sp³-hybridized carbons (Fsp3) is 0.700. The van der Waals surface area contributed by atoms with Crippen LogP contribution >= 0.6 is 0 Å². The van der Waals surface area contributed by atoms with Crippen LogP contribution in [0.5, 0.6) is 0 Å². The highest BCUT2D eigenvalue weighted by Crippen LogP contribution is 2.42. The fourth-order valence-corrected chi connectivity index (χ4v) is 8.11. The Morgan fingerprint density at radius 2 is 1.54 bits per heavy atom. The first kappa shape index (κ1) is 21.4. The van der Waals surface area contributed by atoms with Crippen LogP contribution in [0.3, 0.4) is 0 Å². The van der Waals surface area contributed by atoms with Gasteiger partial charge in [-0.25, -0.2) is 0 Å². The smallest absolute Gasteiger partial charge is 0.371 e. The van der Waals surface area contributed by atoms with E-state index < -0.39 is 8.56 Å². The summed E-state index contributed by atoms with van der Waals surface area (Å²) in [5.74, 6) is 0. The molecule has 4 heteroatoms. The third kappa shape index (κ3) is 5.41. The van der Waals surface area contributed by atoms with Crippen molar-refractivity contribution in [2.24, 2.45) is 0 Å². The summed E-state index contributed by atoms with van der Waals surface area (Å²) in [4.78, 5) is 0. The maximum absolute atomic E-state index is 6.16. The first-order valence-corrected chi connectivity index (χ1v) is 11.6. The van der Waals surface area contributed by atoms with E-state index >= 15 is 0 Å². The summed E-state index contributed by atoms with van der Waals surface area (Å²) in [5, 5.41) is -0.119. The quantitative estimate of drug-likeness (QED) is 0.614. The van der Waals surface area contributed by atoms with E-state index in [1.54, 1.807) is 0 Å². The number of ether oxygens (including phenoxy) is 1. The van der Waals surface area contributed by atoms with Crippen LogP contribution in [0.4, 0.5) is 0 Å². The molecule has 1 saturated heterocycles. The first-order valence-electron chi connectivity index (χ1n) is 9.53. The highest BCUT2D eigenvalue weighted by molar-refractivity contribution is 6.70. The van der Waals surface area contributed by atoms with E-state index in [0.717, 1.165) is 38.7 Å². The standard InChI is InChI=1S/C13H28O3Si.C7H8/c1-5-13(14-6-2)11-9-10-12-17(13,15-7-3)16-8-4;1-7-5-3-2-4-6-7/h5-12H2,1-4H3;2-6H,1H3. The Kier molecular flexibility index (Phi) is 9.82. The lowest BCUT2D eigenvalue weighted by atomic mass is 10.1. The lowest BCUT2D eigenvalue weighted by molar-refractivity contribution is -0.0426. The van der Waals surface area contributed by atoms with E-state index in [1.807, 2.05) is 18.2 Å². The second-order valence-electron chi connectivity index (χ2n) is 6.26. The van der Waals surface area contributed by atoms with Gasteiger partial charge in [0.2, 0.25) is 0 Å². The highest BCUT2D eigenvalue weighted by atomic mass is 28.4. The van der Waals surface area contributed by atoms with Crippen LogP contribution in [-0.2, 0) is 13.6 Å². The SMILES string of the molecule is CCOC1(CC)CCCC[Si]1(OCC)OCC.Cc1ccccc1. The molecule has 0 N–H and O–H groups in total. The van der Waals surface area contributed by atoms with Crippen molar-refractivity contribution in [3.63, 3.8) is 0 Å². The van der Waals surface area contributed by atoms with Crippen molar-refractivity contribution < 1.29 is 13.6 Å². The van der Waals surface area contributed by atoms with Crippen LogP contribution in [0.1, 0.15) is 58.9 Å². The van der Waals surface area contributed by atoms with Gasteiger partial charge in [-0.2, -0.15) is 0 Å². The fourth-order valence-electron chi connectivity index (χ4n) is 3.64. The van der Waals surface area contributed by atoms with Gasteiger partial charge >= 0.3 is 8.56 Å². The Morgan fingerprint density at radius 1 is 0.917 bits per heavy atom. The molecule has 0 bridgehead atoms. The third-order valence-corrected chi connectivity index (χ3v) is 9.38. The van der Waals surface area contributed by atoms with Gasteiger partial charge in [-0.05, 0) is 46.6 Å². The molecule has 1 aliphatic rings. The Morgan fingerprint density at radius 3 is 1.96 bits per heavy atom. The molecule has 1 heterocycles. The molecular weight excluding hydrogens is 316 g/mol. The zero-order valence-electron chi connectivity index (χ0n) is 16.3. The van der Waals surface area contributed by atoms with Gasteiger partial charge in [-0.15, -0.1) is 0 Å². The predicted octanol–water partition coefficient (Wildman–Crippen LogP) is 5.41. The van der Waals surface area contributed by atoms with Gasteiger partial charge in [0, 0.05) is 19.8 Å². The maximum atomic E-state index is 6.16. The van der Waals surface area contributed by atoms with E-state index in [2.05, 4.69) is 46.8 Å². The molecule has 3 nitrogen and oxygen atoms in total. The van der Waals surface area contributed by atoms with Crippen molar-refractivity contribution in [3.05, 3.63) is 35.9 Å². The summed E-state index contributed by atoms with van der Waals surface area (Å²) in [7, 11) is -2.21. The Hall–Kier alpha value is -0.683. The minimum Gasteiger partial charge on any atom is -0.393 e. The van der Waals surface area contributed by atoms with Crippen LogP contribution in [0.15, 0.2) is 30.3 Å². The van der Waals surface area contributed by atoms with Crippen LogP contribution in [-0.4, -0.2) is 33.6 Å². The van der Waals surface area contributed by atoms with Gasteiger partial charge in [0.1, 0.15) is 5.22 Å². The molecule has 0 amide bonds. The van der Waals surface area contributed by atoms with E-state index in [9.17, 15) is 0 Å². The van der Waals surface area contributed by atoms with Crippen molar-refractivity contribution >= 4 is 8.56 Å². The van der Waals surface area contributed by atoms with Crippen molar-refractivity contribution in [2.45, 2.75) is 71.6 Å². The Bertz CT molecular complexity index is 422. The molecule has 1 aromatic rings.